The summed E-state index contributed by atoms with van der Waals surface area (Å²) < 4.78 is 5.69. The highest BCUT2D eigenvalue weighted by molar-refractivity contribution is 6.41. The van der Waals surface area contributed by atoms with Gasteiger partial charge in [0, 0.05) is 25.0 Å². The van der Waals surface area contributed by atoms with Crippen molar-refractivity contribution in [1.82, 2.24) is 10.3 Å². The lowest BCUT2D eigenvalue weighted by molar-refractivity contribution is 0.0277. The Bertz CT molecular complexity index is 704. The molecule has 2 N–H and O–H groups in total. The highest BCUT2D eigenvalue weighted by Gasteiger charge is 2.15. The van der Waals surface area contributed by atoms with Crippen LogP contribution in [-0.2, 0) is 4.74 Å². The van der Waals surface area contributed by atoms with Crippen LogP contribution < -0.4 is 10.6 Å². The molecule has 8 heteroatoms. The molecule has 3 rings (SSSR count). The second-order valence-corrected chi connectivity index (χ2v) is 5.90. The van der Waals surface area contributed by atoms with Gasteiger partial charge in [0.15, 0.2) is 0 Å². The van der Waals surface area contributed by atoms with E-state index in [1.807, 2.05) is 24.3 Å². The van der Waals surface area contributed by atoms with Gasteiger partial charge in [0.2, 0.25) is 0 Å². The number of aromatic nitrogens is 1. The molecule has 1 saturated heterocycles. The lowest BCUT2D eigenvalue weighted by Gasteiger charge is -2.24. The maximum Gasteiger partial charge on any atom is 0.257 e. The van der Waals surface area contributed by atoms with E-state index in [4.69, 9.17) is 27.9 Å². The van der Waals surface area contributed by atoms with Gasteiger partial charge in [-0.2, -0.15) is 0 Å². The van der Waals surface area contributed by atoms with Gasteiger partial charge in [-0.05, 0) is 23.8 Å². The van der Waals surface area contributed by atoms with Crippen molar-refractivity contribution in [2.24, 2.45) is 0 Å². The lowest BCUT2D eigenvalue weighted by Crippen LogP contribution is -2.33. The first-order valence-corrected chi connectivity index (χ1v) is 7.94. The van der Waals surface area contributed by atoms with E-state index in [0.717, 1.165) is 18.7 Å². The third kappa shape index (κ3) is 4.59. The van der Waals surface area contributed by atoms with E-state index < -0.39 is 0 Å². The molecule has 2 aromatic rings. The topological polar surface area (TPSA) is 63.2 Å². The highest BCUT2D eigenvalue weighted by Crippen LogP contribution is 2.22. The molecule has 24 heavy (non-hydrogen) atoms. The van der Waals surface area contributed by atoms with Crippen molar-refractivity contribution < 1.29 is 9.53 Å². The summed E-state index contributed by atoms with van der Waals surface area (Å²) >= 11 is 11.6. The van der Waals surface area contributed by atoms with Gasteiger partial charge in [0.1, 0.15) is 5.15 Å². The van der Waals surface area contributed by atoms with Gasteiger partial charge in [-0.1, -0.05) is 35.3 Å². The Balaban J connectivity index is 0.00000208. The van der Waals surface area contributed by atoms with Crippen LogP contribution in [0.15, 0.2) is 36.5 Å². The number of morpholine rings is 1. The van der Waals surface area contributed by atoms with Crippen molar-refractivity contribution in [2.45, 2.75) is 6.10 Å². The molecule has 1 amide bonds. The molecule has 0 saturated carbocycles. The fraction of sp³-hybridized carbons (Fsp3) is 0.250. The zero-order chi connectivity index (χ0) is 16.2. The summed E-state index contributed by atoms with van der Waals surface area (Å²) in [6.45, 7) is 2.37. The smallest absolute Gasteiger partial charge is 0.257 e. The molecule has 1 unspecified atom stereocenters. The van der Waals surface area contributed by atoms with E-state index in [-0.39, 0.29) is 34.6 Å². The van der Waals surface area contributed by atoms with Gasteiger partial charge in [0.05, 0.1) is 23.3 Å². The van der Waals surface area contributed by atoms with Crippen LogP contribution in [0.3, 0.4) is 0 Å². The summed E-state index contributed by atoms with van der Waals surface area (Å²) in [5.74, 6) is -0.292. The minimum absolute atomic E-state index is 0. The number of benzene rings is 1. The molecule has 0 radical (unpaired) electrons. The van der Waals surface area contributed by atoms with Gasteiger partial charge >= 0.3 is 0 Å². The summed E-state index contributed by atoms with van der Waals surface area (Å²) in [4.78, 5) is 16.0. The second kappa shape index (κ2) is 8.65. The average molecular weight is 389 g/mol. The van der Waals surface area contributed by atoms with Crippen molar-refractivity contribution in [1.29, 1.82) is 0 Å². The van der Waals surface area contributed by atoms with Crippen molar-refractivity contribution >= 4 is 47.2 Å². The van der Waals surface area contributed by atoms with E-state index in [2.05, 4.69) is 15.6 Å². The van der Waals surface area contributed by atoms with Crippen LogP contribution in [0.1, 0.15) is 22.0 Å². The third-order valence-corrected chi connectivity index (χ3v) is 4.21. The number of pyridine rings is 1. The molecule has 1 aliphatic heterocycles. The minimum atomic E-state index is -0.292. The SMILES string of the molecule is Cl.O=C(Nc1ccc(C2CNCCO2)cc1)c1cnc(Cl)c(Cl)c1. The number of nitrogens with zero attached hydrogens (tertiary/aromatic N) is 1. The number of nitrogens with one attached hydrogen (secondary N) is 2. The Kier molecular flexibility index (Phi) is 6.83. The molecule has 1 aromatic heterocycles. The van der Waals surface area contributed by atoms with Crippen LogP contribution in [0.5, 0.6) is 0 Å². The van der Waals surface area contributed by atoms with Gasteiger partial charge in [-0.25, -0.2) is 4.98 Å². The molecular weight excluding hydrogens is 373 g/mol. The predicted molar refractivity (Wildman–Crippen MR) is 97.5 cm³/mol. The molecule has 1 aliphatic rings. The Morgan fingerprint density at radius 1 is 1.29 bits per heavy atom. The molecule has 0 bridgehead atoms. The quantitative estimate of drug-likeness (QED) is 0.787. The normalized spacial score (nSPS) is 17.0. The molecule has 128 valence electrons. The van der Waals surface area contributed by atoms with E-state index in [0.29, 0.717) is 17.9 Å². The third-order valence-electron chi connectivity index (χ3n) is 3.53. The van der Waals surface area contributed by atoms with Crippen LogP contribution in [0.4, 0.5) is 5.69 Å². The van der Waals surface area contributed by atoms with E-state index in [1.54, 1.807) is 0 Å². The maximum atomic E-state index is 12.2. The van der Waals surface area contributed by atoms with E-state index in [9.17, 15) is 4.79 Å². The number of amides is 1. The van der Waals surface area contributed by atoms with Gasteiger partial charge < -0.3 is 15.4 Å². The number of hydrogen-bond donors (Lipinski definition) is 2. The molecule has 1 atom stereocenters. The molecule has 0 spiro atoms. The number of carbonyl (C=O) groups excluding carboxylic acids is 1. The van der Waals surface area contributed by atoms with Crippen LogP contribution in [-0.4, -0.2) is 30.6 Å². The molecule has 0 aliphatic carbocycles. The number of ether oxygens (including phenoxy) is 1. The Hall–Kier alpha value is -1.37. The Morgan fingerprint density at radius 3 is 2.67 bits per heavy atom. The summed E-state index contributed by atoms with van der Waals surface area (Å²) in [7, 11) is 0. The molecule has 1 fully saturated rings. The van der Waals surface area contributed by atoms with Crippen molar-refractivity contribution in [2.75, 3.05) is 25.0 Å². The number of rotatable bonds is 3. The monoisotopic (exact) mass is 387 g/mol. The lowest BCUT2D eigenvalue weighted by atomic mass is 10.1. The molecule has 1 aromatic carbocycles. The van der Waals surface area contributed by atoms with Gasteiger partial charge in [-0.15, -0.1) is 12.4 Å². The second-order valence-electron chi connectivity index (χ2n) is 5.14. The minimum Gasteiger partial charge on any atom is -0.371 e. The predicted octanol–water partition coefficient (Wildman–Crippen LogP) is 3.72. The number of hydrogen-bond acceptors (Lipinski definition) is 4. The Morgan fingerprint density at radius 2 is 2.04 bits per heavy atom. The van der Waals surface area contributed by atoms with Crippen LogP contribution in [0, 0.1) is 0 Å². The first-order valence-electron chi connectivity index (χ1n) is 7.18. The van der Waals surface area contributed by atoms with Crippen molar-refractivity contribution in [3.8, 4) is 0 Å². The Labute approximate surface area is 156 Å². The standard InChI is InChI=1S/C16H15Cl2N3O2.ClH/c17-13-7-11(8-20-15(13)18)16(22)21-12-3-1-10(2-4-12)14-9-19-5-6-23-14;/h1-4,7-8,14,19H,5-6,9H2,(H,21,22);1H. The average Bonchev–Trinajstić information content (AvgIpc) is 2.59. The van der Waals surface area contributed by atoms with E-state index in [1.165, 1.54) is 12.3 Å². The number of carbonyl (C=O) groups is 1. The summed E-state index contributed by atoms with van der Waals surface area (Å²) in [6.07, 6.45) is 1.44. The summed E-state index contributed by atoms with van der Waals surface area (Å²) in [6, 6.07) is 9.06. The highest BCUT2D eigenvalue weighted by atomic mass is 35.5. The van der Waals surface area contributed by atoms with E-state index >= 15 is 0 Å². The van der Waals surface area contributed by atoms with Crippen molar-refractivity contribution in [3.63, 3.8) is 0 Å². The molecular formula is C16H16Cl3N3O2. The fourth-order valence-electron chi connectivity index (χ4n) is 2.31. The van der Waals surface area contributed by atoms with Crippen LogP contribution in [0.25, 0.3) is 0 Å². The fourth-order valence-corrected chi connectivity index (χ4v) is 2.58. The summed E-state index contributed by atoms with van der Waals surface area (Å²) in [5, 5.41) is 6.51. The summed E-state index contributed by atoms with van der Waals surface area (Å²) in [5.41, 5.74) is 2.11. The zero-order valence-electron chi connectivity index (χ0n) is 12.6. The molecule has 2 heterocycles. The van der Waals surface area contributed by atoms with Crippen LogP contribution in [0.2, 0.25) is 10.2 Å². The first-order chi connectivity index (χ1) is 11.1. The number of halogens is 3. The first kappa shape index (κ1) is 19.0. The van der Waals surface area contributed by atoms with Crippen LogP contribution >= 0.6 is 35.6 Å². The van der Waals surface area contributed by atoms with Gasteiger partial charge in [0.25, 0.3) is 5.91 Å². The van der Waals surface area contributed by atoms with Crippen molar-refractivity contribution in [3.05, 3.63) is 57.8 Å². The van der Waals surface area contributed by atoms with Gasteiger partial charge in [-0.3, -0.25) is 4.79 Å². The number of anilines is 1. The zero-order valence-corrected chi connectivity index (χ0v) is 14.9. The maximum absolute atomic E-state index is 12.2. The largest absolute Gasteiger partial charge is 0.371 e. The molecule has 5 nitrogen and oxygen atoms in total.